The average Bonchev–Trinajstić information content (AvgIpc) is 2.06. The molecule has 0 saturated carbocycles. The van der Waals surface area contributed by atoms with Crippen molar-refractivity contribution < 1.29 is 4.84 Å². The zero-order chi connectivity index (χ0) is 8.10. The van der Waals surface area contributed by atoms with Gasteiger partial charge in [-0.25, -0.2) is 0 Å². The first-order valence-corrected chi connectivity index (χ1v) is 3.62. The first-order valence-electron chi connectivity index (χ1n) is 3.62. The minimum Gasteiger partial charge on any atom is -0.406 e. The van der Waals surface area contributed by atoms with Crippen molar-refractivity contribution >= 4 is 0 Å². The molecule has 1 aromatic rings. The van der Waals surface area contributed by atoms with Crippen molar-refractivity contribution in [1.82, 2.24) is 10.0 Å². The summed E-state index contributed by atoms with van der Waals surface area (Å²) in [5, 5.41) is 1.76. The molecule has 3 nitrogen and oxygen atoms in total. The Bertz CT molecular complexity index is 201. The second-order valence-corrected chi connectivity index (χ2v) is 2.22. The molecule has 3 heteroatoms. The SMILES string of the molecule is CCN(C)Oc1ccncc1. The minimum absolute atomic E-state index is 0.823. The van der Waals surface area contributed by atoms with Crippen LogP contribution in [0.15, 0.2) is 24.5 Å². The Morgan fingerprint density at radius 1 is 1.45 bits per heavy atom. The van der Waals surface area contributed by atoms with Gasteiger partial charge in [0.2, 0.25) is 0 Å². The van der Waals surface area contributed by atoms with Gasteiger partial charge in [0.25, 0.3) is 0 Å². The molecule has 0 atom stereocenters. The van der Waals surface area contributed by atoms with Gasteiger partial charge in [0.15, 0.2) is 5.75 Å². The minimum atomic E-state index is 0.823. The van der Waals surface area contributed by atoms with Gasteiger partial charge in [-0.1, -0.05) is 0 Å². The van der Waals surface area contributed by atoms with Crippen molar-refractivity contribution in [3.8, 4) is 5.75 Å². The zero-order valence-corrected chi connectivity index (χ0v) is 6.82. The number of hydrogen-bond donors (Lipinski definition) is 0. The highest BCUT2D eigenvalue weighted by molar-refractivity contribution is 5.16. The number of rotatable bonds is 3. The normalized spacial score (nSPS) is 10.1. The summed E-state index contributed by atoms with van der Waals surface area (Å²) in [4.78, 5) is 9.24. The van der Waals surface area contributed by atoms with E-state index in [1.54, 1.807) is 17.5 Å². The zero-order valence-electron chi connectivity index (χ0n) is 6.82. The fourth-order valence-corrected chi connectivity index (χ4v) is 0.644. The predicted molar refractivity (Wildman–Crippen MR) is 43.2 cm³/mol. The van der Waals surface area contributed by atoms with E-state index >= 15 is 0 Å². The van der Waals surface area contributed by atoms with Crippen LogP contribution in [0.1, 0.15) is 6.92 Å². The molecule has 60 valence electrons. The van der Waals surface area contributed by atoms with Crippen molar-refractivity contribution in [3.63, 3.8) is 0 Å². The Kier molecular flexibility index (Phi) is 2.86. The molecule has 0 N–H and O–H groups in total. The molecule has 1 aromatic heterocycles. The molecule has 0 aliphatic rings. The molecule has 1 heterocycles. The van der Waals surface area contributed by atoms with Crippen LogP contribution in [-0.4, -0.2) is 23.6 Å². The van der Waals surface area contributed by atoms with Crippen LogP contribution in [0.5, 0.6) is 5.75 Å². The van der Waals surface area contributed by atoms with E-state index in [0.717, 1.165) is 12.3 Å². The van der Waals surface area contributed by atoms with Gasteiger partial charge in [0.1, 0.15) is 0 Å². The average molecular weight is 152 g/mol. The van der Waals surface area contributed by atoms with E-state index in [-0.39, 0.29) is 0 Å². The molecule has 0 fully saturated rings. The Balaban J connectivity index is 2.51. The molecule has 0 unspecified atom stereocenters. The van der Waals surface area contributed by atoms with Crippen LogP contribution >= 0.6 is 0 Å². The summed E-state index contributed by atoms with van der Waals surface area (Å²) in [7, 11) is 1.89. The number of pyridine rings is 1. The summed E-state index contributed by atoms with van der Waals surface area (Å²) in [5.41, 5.74) is 0. The summed E-state index contributed by atoms with van der Waals surface area (Å²) in [6.45, 7) is 2.89. The van der Waals surface area contributed by atoms with Crippen LogP contribution in [0.4, 0.5) is 0 Å². The Labute approximate surface area is 66.6 Å². The van der Waals surface area contributed by atoms with E-state index in [2.05, 4.69) is 4.98 Å². The Morgan fingerprint density at radius 2 is 2.09 bits per heavy atom. The summed E-state index contributed by atoms with van der Waals surface area (Å²) >= 11 is 0. The molecule has 0 spiro atoms. The molecule has 0 saturated heterocycles. The molecule has 1 rings (SSSR count). The molecule has 0 aliphatic heterocycles. The maximum Gasteiger partial charge on any atom is 0.150 e. The fourth-order valence-electron chi connectivity index (χ4n) is 0.644. The lowest BCUT2D eigenvalue weighted by molar-refractivity contribution is -0.0263. The highest BCUT2D eigenvalue weighted by Crippen LogP contribution is 2.07. The summed E-state index contributed by atoms with van der Waals surface area (Å²) in [6, 6.07) is 3.65. The predicted octanol–water partition coefficient (Wildman–Crippen LogP) is 1.33. The maximum absolute atomic E-state index is 5.36. The number of hydroxylamine groups is 2. The van der Waals surface area contributed by atoms with E-state index in [4.69, 9.17) is 4.84 Å². The lowest BCUT2D eigenvalue weighted by Gasteiger charge is -2.14. The molecular formula is C8H12N2O. The standard InChI is InChI=1S/C8H12N2O/c1-3-10(2)11-8-4-6-9-7-5-8/h4-7H,3H2,1-2H3. The Morgan fingerprint density at radius 3 is 2.64 bits per heavy atom. The number of hydrogen-bond acceptors (Lipinski definition) is 3. The summed E-state index contributed by atoms with van der Waals surface area (Å²) < 4.78 is 0. The first kappa shape index (κ1) is 8.01. The van der Waals surface area contributed by atoms with Crippen LogP contribution in [0, 0.1) is 0 Å². The van der Waals surface area contributed by atoms with Gasteiger partial charge in [0, 0.05) is 38.1 Å². The molecule has 0 aromatic carbocycles. The van der Waals surface area contributed by atoms with Gasteiger partial charge >= 0.3 is 0 Å². The summed E-state index contributed by atoms with van der Waals surface area (Å²) in [5.74, 6) is 0.823. The molecule has 0 amide bonds. The monoisotopic (exact) mass is 152 g/mol. The van der Waals surface area contributed by atoms with Crippen molar-refractivity contribution in [1.29, 1.82) is 0 Å². The molecular weight excluding hydrogens is 140 g/mol. The van der Waals surface area contributed by atoms with Gasteiger partial charge in [0.05, 0.1) is 0 Å². The quantitative estimate of drug-likeness (QED) is 0.611. The fraction of sp³-hybridized carbons (Fsp3) is 0.375. The highest BCUT2D eigenvalue weighted by Gasteiger charge is 1.95. The van der Waals surface area contributed by atoms with Crippen molar-refractivity contribution in [2.24, 2.45) is 0 Å². The van der Waals surface area contributed by atoms with Gasteiger partial charge < -0.3 is 4.84 Å². The van der Waals surface area contributed by atoms with E-state index in [9.17, 15) is 0 Å². The largest absolute Gasteiger partial charge is 0.406 e. The van der Waals surface area contributed by atoms with Crippen molar-refractivity contribution in [2.45, 2.75) is 6.92 Å². The van der Waals surface area contributed by atoms with E-state index in [0.29, 0.717) is 0 Å². The molecule has 0 radical (unpaired) electrons. The van der Waals surface area contributed by atoms with E-state index in [1.807, 2.05) is 26.1 Å². The smallest absolute Gasteiger partial charge is 0.150 e. The molecule has 11 heavy (non-hydrogen) atoms. The van der Waals surface area contributed by atoms with Crippen LogP contribution in [0.3, 0.4) is 0 Å². The topological polar surface area (TPSA) is 25.4 Å². The highest BCUT2D eigenvalue weighted by atomic mass is 16.7. The van der Waals surface area contributed by atoms with Gasteiger partial charge in [-0.3, -0.25) is 4.98 Å². The maximum atomic E-state index is 5.36. The summed E-state index contributed by atoms with van der Waals surface area (Å²) in [6.07, 6.45) is 3.41. The van der Waals surface area contributed by atoms with Crippen LogP contribution in [0.2, 0.25) is 0 Å². The van der Waals surface area contributed by atoms with Crippen molar-refractivity contribution in [2.75, 3.05) is 13.6 Å². The van der Waals surface area contributed by atoms with Crippen LogP contribution in [0.25, 0.3) is 0 Å². The van der Waals surface area contributed by atoms with E-state index < -0.39 is 0 Å². The number of aromatic nitrogens is 1. The van der Waals surface area contributed by atoms with Gasteiger partial charge in [-0.05, 0) is 6.92 Å². The number of nitrogens with zero attached hydrogens (tertiary/aromatic N) is 2. The third-order valence-corrected chi connectivity index (χ3v) is 1.36. The van der Waals surface area contributed by atoms with Gasteiger partial charge in [-0.2, -0.15) is 0 Å². The molecule has 0 aliphatic carbocycles. The van der Waals surface area contributed by atoms with E-state index in [1.165, 1.54) is 0 Å². The third-order valence-electron chi connectivity index (χ3n) is 1.36. The first-order chi connectivity index (χ1) is 5.33. The lowest BCUT2D eigenvalue weighted by Crippen LogP contribution is -2.21. The lowest BCUT2D eigenvalue weighted by atomic mass is 10.5. The van der Waals surface area contributed by atoms with Crippen LogP contribution in [-0.2, 0) is 0 Å². The van der Waals surface area contributed by atoms with Crippen molar-refractivity contribution in [3.05, 3.63) is 24.5 Å². The second-order valence-electron chi connectivity index (χ2n) is 2.22. The van der Waals surface area contributed by atoms with Crippen LogP contribution < -0.4 is 4.84 Å². The molecule has 0 bridgehead atoms. The Hall–Kier alpha value is -1.09. The second kappa shape index (κ2) is 3.93. The van der Waals surface area contributed by atoms with Gasteiger partial charge in [-0.15, -0.1) is 5.06 Å². The third kappa shape index (κ3) is 2.55.